The Bertz CT molecular complexity index is 1150. The van der Waals surface area contributed by atoms with Crippen molar-refractivity contribution in [1.82, 2.24) is 19.9 Å². The largest absolute Gasteiger partial charge is 0.357 e. The number of fused-ring (bicyclic) bond motifs is 3. The number of H-pyrrole nitrogens is 2. The van der Waals surface area contributed by atoms with Gasteiger partial charge in [-0.25, -0.2) is 0 Å². The number of aromatic nitrogens is 4. The van der Waals surface area contributed by atoms with Gasteiger partial charge in [0.2, 0.25) is 5.95 Å². The van der Waals surface area contributed by atoms with Gasteiger partial charge in [0, 0.05) is 47.2 Å². The number of hydrogen-bond donors (Lipinski definition) is 2. The van der Waals surface area contributed by atoms with Crippen LogP contribution in [-0.4, -0.2) is 26.5 Å². The lowest BCUT2D eigenvalue weighted by atomic mass is 10.0. The van der Waals surface area contributed by atoms with Gasteiger partial charge < -0.3 is 14.9 Å². The van der Waals surface area contributed by atoms with Crippen LogP contribution in [0.15, 0.2) is 59.7 Å². The zero-order valence-corrected chi connectivity index (χ0v) is 14.1. The van der Waals surface area contributed by atoms with Crippen LogP contribution in [0.4, 0.5) is 5.95 Å². The van der Waals surface area contributed by atoms with Crippen molar-refractivity contribution in [1.29, 1.82) is 0 Å². The molecule has 0 saturated carbocycles. The molecule has 0 aliphatic carbocycles. The fourth-order valence-electron chi connectivity index (χ4n) is 3.66. The Kier molecular flexibility index (Phi) is 3.35. The van der Waals surface area contributed by atoms with Crippen molar-refractivity contribution < 1.29 is 0 Å². The maximum absolute atomic E-state index is 12.1. The van der Waals surface area contributed by atoms with Crippen LogP contribution in [0, 0.1) is 0 Å². The smallest absolute Gasteiger partial charge is 0.275 e. The maximum atomic E-state index is 12.1. The molecule has 128 valence electrons. The van der Waals surface area contributed by atoms with E-state index < -0.39 is 0 Å². The first kappa shape index (κ1) is 14.9. The molecule has 0 atom stereocenters. The highest BCUT2D eigenvalue weighted by molar-refractivity contribution is 5.85. The van der Waals surface area contributed by atoms with Crippen LogP contribution in [0.1, 0.15) is 11.3 Å². The summed E-state index contributed by atoms with van der Waals surface area (Å²) < 4.78 is 0. The van der Waals surface area contributed by atoms with E-state index in [-0.39, 0.29) is 5.56 Å². The number of anilines is 1. The molecule has 0 spiro atoms. The quantitative estimate of drug-likeness (QED) is 0.587. The molecule has 5 rings (SSSR count). The van der Waals surface area contributed by atoms with Crippen molar-refractivity contribution in [2.24, 2.45) is 0 Å². The average Bonchev–Trinajstić information content (AvgIpc) is 3.06. The monoisotopic (exact) mass is 343 g/mol. The number of hydrogen-bond acceptors (Lipinski definition) is 4. The molecule has 0 saturated heterocycles. The summed E-state index contributed by atoms with van der Waals surface area (Å²) in [6.07, 6.45) is 4.35. The number of pyridine rings is 1. The predicted molar refractivity (Wildman–Crippen MR) is 101 cm³/mol. The molecule has 26 heavy (non-hydrogen) atoms. The Morgan fingerprint density at radius 2 is 1.88 bits per heavy atom. The summed E-state index contributed by atoms with van der Waals surface area (Å²) in [6, 6.07) is 13.6. The Morgan fingerprint density at radius 3 is 2.77 bits per heavy atom. The average molecular weight is 343 g/mol. The third-order valence-electron chi connectivity index (χ3n) is 4.90. The minimum absolute atomic E-state index is 0.243. The van der Waals surface area contributed by atoms with E-state index in [1.165, 1.54) is 22.7 Å². The first-order valence-corrected chi connectivity index (χ1v) is 8.63. The highest BCUT2D eigenvalue weighted by atomic mass is 16.1. The number of para-hydroxylation sites is 1. The van der Waals surface area contributed by atoms with Crippen molar-refractivity contribution in [3.8, 4) is 11.3 Å². The van der Waals surface area contributed by atoms with Crippen LogP contribution >= 0.6 is 0 Å². The molecule has 4 aromatic rings. The Hall–Kier alpha value is -3.41. The zero-order chi connectivity index (χ0) is 17.5. The second-order valence-electron chi connectivity index (χ2n) is 6.49. The fraction of sp³-hybridized carbons (Fsp3) is 0.150. The molecule has 6 heteroatoms. The molecule has 1 aliphatic heterocycles. The Labute approximate surface area is 149 Å². The van der Waals surface area contributed by atoms with E-state index in [9.17, 15) is 4.79 Å². The second-order valence-corrected chi connectivity index (χ2v) is 6.49. The molecule has 0 fully saturated rings. The normalized spacial score (nSPS) is 13.8. The number of nitrogens with one attached hydrogen (secondary N) is 2. The second kappa shape index (κ2) is 5.84. The van der Waals surface area contributed by atoms with Crippen LogP contribution in [0.3, 0.4) is 0 Å². The summed E-state index contributed by atoms with van der Waals surface area (Å²) >= 11 is 0. The Balaban J connectivity index is 1.53. The molecule has 4 heterocycles. The molecule has 0 bridgehead atoms. The third-order valence-corrected chi connectivity index (χ3v) is 4.90. The van der Waals surface area contributed by atoms with Crippen molar-refractivity contribution in [2.75, 3.05) is 11.4 Å². The van der Waals surface area contributed by atoms with Gasteiger partial charge in [-0.05, 0) is 30.2 Å². The van der Waals surface area contributed by atoms with Gasteiger partial charge in [-0.2, -0.15) is 4.98 Å². The number of benzene rings is 1. The minimum Gasteiger partial charge on any atom is -0.357 e. The zero-order valence-electron chi connectivity index (χ0n) is 14.1. The number of nitrogens with zero attached hydrogens (tertiary/aromatic N) is 3. The van der Waals surface area contributed by atoms with E-state index in [2.05, 4.69) is 43.0 Å². The molecule has 6 nitrogen and oxygen atoms in total. The Morgan fingerprint density at radius 1 is 1.04 bits per heavy atom. The standard InChI is InChI=1S/C20H17N5O/c26-19-11-17(13-5-8-21-9-6-13)23-20(24-19)25-10-7-15-14-3-1-2-4-16(14)22-18(15)12-25/h1-6,8-9,11,22H,7,10,12H2,(H,23,24,26). The van der Waals surface area contributed by atoms with Gasteiger partial charge >= 0.3 is 0 Å². The van der Waals surface area contributed by atoms with E-state index in [0.717, 1.165) is 29.7 Å². The van der Waals surface area contributed by atoms with E-state index >= 15 is 0 Å². The van der Waals surface area contributed by atoms with E-state index in [1.54, 1.807) is 12.4 Å². The highest BCUT2D eigenvalue weighted by Gasteiger charge is 2.22. The van der Waals surface area contributed by atoms with Gasteiger partial charge in [-0.3, -0.25) is 9.78 Å². The van der Waals surface area contributed by atoms with Crippen LogP contribution in [0.5, 0.6) is 0 Å². The predicted octanol–water partition coefficient (Wildman–Crippen LogP) is 2.88. The summed E-state index contributed by atoms with van der Waals surface area (Å²) in [5.74, 6) is 0.605. The summed E-state index contributed by atoms with van der Waals surface area (Å²) in [7, 11) is 0. The van der Waals surface area contributed by atoms with E-state index in [1.807, 2.05) is 18.2 Å². The molecular weight excluding hydrogens is 326 g/mol. The van der Waals surface area contributed by atoms with Gasteiger partial charge in [-0.1, -0.05) is 18.2 Å². The molecule has 2 N–H and O–H groups in total. The number of aromatic amines is 2. The maximum Gasteiger partial charge on any atom is 0.275 e. The van der Waals surface area contributed by atoms with Crippen LogP contribution in [0.2, 0.25) is 0 Å². The lowest BCUT2D eigenvalue weighted by Crippen LogP contribution is -2.33. The summed E-state index contributed by atoms with van der Waals surface area (Å²) in [6.45, 7) is 1.52. The topological polar surface area (TPSA) is 77.7 Å². The lowest BCUT2D eigenvalue weighted by Gasteiger charge is -2.27. The van der Waals surface area contributed by atoms with Gasteiger partial charge in [0.15, 0.2) is 0 Å². The van der Waals surface area contributed by atoms with Gasteiger partial charge in [-0.15, -0.1) is 0 Å². The van der Waals surface area contributed by atoms with Crippen LogP contribution in [-0.2, 0) is 13.0 Å². The van der Waals surface area contributed by atoms with E-state index in [0.29, 0.717) is 12.5 Å². The molecule has 1 aromatic carbocycles. The first-order valence-electron chi connectivity index (χ1n) is 8.63. The molecule has 0 unspecified atom stereocenters. The van der Waals surface area contributed by atoms with Crippen molar-refractivity contribution in [3.63, 3.8) is 0 Å². The number of rotatable bonds is 2. The summed E-state index contributed by atoms with van der Waals surface area (Å²) in [5.41, 5.74) is 5.15. The molecular formula is C20H17N5O. The summed E-state index contributed by atoms with van der Waals surface area (Å²) in [4.78, 5) is 29.3. The SMILES string of the molecule is O=c1cc(-c2ccncc2)[nH]c(N2CCc3c([nH]c4ccccc34)C2)n1. The molecule has 3 aromatic heterocycles. The van der Waals surface area contributed by atoms with E-state index in [4.69, 9.17) is 0 Å². The lowest BCUT2D eigenvalue weighted by molar-refractivity contribution is 0.699. The highest BCUT2D eigenvalue weighted by Crippen LogP contribution is 2.29. The summed E-state index contributed by atoms with van der Waals surface area (Å²) in [5, 5.41) is 1.29. The molecule has 0 radical (unpaired) electrons. The van der Waals surface area contributed by atoms with Crippen LogP contribution in [0.25, 0.3) is 22.2 Å². The minimum atomic E-state index is -0.243. The van der Waals surface area contributed by atoms with Crippen molar-refractivity contribution in [2.45, 2.75) is 13.0 Å². The van der Waals surface area contributed by atoms with Gasteiger partial charge in [0.1, 0.15) is 0 Å². The van der Waals surface area contributed by atoms with Crippen molar-refractivity contribution >= 4 is 16.9 Å². The fourth-order valence-corrected chi connectivity index (χ4v) is 3.66. The van der Waals surface area contributed by atoms with Gasteiger partial charge in [0.25, 0.3) is 5.56 Å². The molecule has 1 aliphatic rings. The van der Waals surface area contributed by atoms with Gasteiger partial charge in [0.05, 0.1) is 12.2 Å². The molecule has 0 amide bonds. The van der Waals surface area contributed by atoms with Crippen LogP contribution < -0.4 is 10.5 Å². The first-order chi connectivity index (χ1) is 12.8. The third kappa shape index (κ3) is 2.47. The van der Waals surface area contributed by atoms with Crippen molar-refractivity contribution in [3.05, 3.63) is 76.5 Å².